The predicted molar refractivity (Wildman–Crippen MR) is 35.7 cm³/mol. The molecule has 1 aromatic carbocycles. The van der Waals surface area contributed by atoms with Gasteiger partial charge in [-0.05, 0) is 6.07 Å². The average Bonchev–Trinajstić information content (AvgIpc) is 1.96. The monoisotopic (exact) mass is 179 g/mol. The van der Waals surface area contributed by atoms with E-state index in [-0.39, 0.29) is 0 Å². The molecule has 1 aromatic rings. The number of halogens is 4. The molecule has 0 unspecified atom stereocenters. The minimum atomic E-state index is -2.98. The van der Waals surface area contributed by atoms with Gasteiger partial charge >= 0.3 is 0 Å². The molecule has 12 heavy (non-hydrogen) atoms. The van der Waals surface area contributed by atoms with Gasteiger partial charge in [-0.3, -0.25) is 0 Å². The maximum absolute atomic E-state index is 12.5. The Morgan fingerprint density at radius 3 is 2.17 bits per heavy atom. The third-order valence-corrected chi connectivity index (χ3v) is 1.35. The lowest BCUT2D eigenvalue weighted by Gasteiger charge is -2.03. The third-order valence-electron chi connectivity index (χ3n) is 1.35. The number of alkyl halides is 2. The first-order valence-electron chi connectivity index (χ1n) is 3.05. The van der Waals surface area contributed by atoms with Crippen molar-refractivity contribution in [1.29, 1.82) is 0 Å². The van der Waals surface area contributed by atoms with E-state index in [2.05, 4.69) is 0 Å². The molecule has 66 valence electrons. The molecule has 0 aliphatic heterocycles. The highest BCUT2D eigenvalue weighted by Crippen LogP contribution is 2.25. The Bertz CT molecular complexity index is 298. The number of benzene rings is 1. The summed E-state index contributed by atoms with van der Waals surface area (Å²) in [5, 5.41) is 0. The van der Waals surface area contributed by atoms with Crippen LogP contribution in [0.3, 0.4) is 0 Å². The van der Waals surface area contributed by atoms with Crippen molar-refractivity contribution in [1.82, 2.24) is 0 Å². The molecule has 0 aromatic heterocycles. The molecule has 0 amide bonds. The molecule has 1 rings (SSSR count). The number of nitrogens with two attached hydrogens (primary N) is 1. The van der Waals surface area contributed by atoms with Crippen LogP contribution in [0, 0.1) is 11.6 Å². The molecule has 2 N–H and O–H groups in total. The van der Waals surface area contributed by atoms with Crippen molar-refractivity contribution in [3.63, 3.8) is 0 Å². The summed E-state index contributed by atoms with van der Waals surface area (Å²) in [6.45, 7) is 0. The van der Waals surface area contributed by atoms with Crippen LogP contribution in [0.15, 0.2) is 12.1 Å². The van der Waals surface area contributed by atoms with Gasteiger partial charge in [0.1, 0.15) is 11.6 Å². The van der Waals surface area contributed by atoms with Crippen LogP contribution >= 0.6 is 0 Å². The van der Waals surface area contributed by atoms with E-state index in [1.807, 2.05) is 0 Å². The number of nitrogen functional groups attached to an aromatic ring is 1. The van der Waals surface area contributed by atoms with E-state index in [1.165, 1.54) is 0 Å². The van der Waals surface area contributed by atoms with Crippen molar-refractivity contribution >= 4 is 5.69 Å². The highest BCUT2D eigenvalue weighted by atomic mass is 19.3. The highest BCUT2D eigenvalue weighted by Gasteiger charge is 2.15. The standard InChI is InChI=1S/C7H5F4N/c8-4-2-5(9)6(12)1-3(4)7(10)11/h1-2,7H,12H2. The maximum atomic E-state index is 12.5. The molecule has 5 heteroatoms. The van der Waals surface area contributed by atoms with E-state index in [1.54, 1.807) is 0 Å². The first-order valence-corrected chi connectivity index (χ1v) is 3.05. The third kappa shape index (κ3) is 1.49. The number of rotatable bonds is 1. The average molecular weight is 179 g/mol. The second kappa shape index (κ2) is 3.00. The molecule has 0 saturated heterocycles. The van der Waals surface area contributed by atoms with Crippen molar-refractivity contribution in [3.8, 4) is 0 Å². The Morgan fingerprint density at radius 2 is 1.67 bits per heavy atom. The van der Waals surface area contributed by atoms with Crippen LogP contribution < -0.4 is 5.73 Å². The quantitative estimate of drug-likeness (QED) is 0.520. The van der Waals surface area contributed by atoms with Gasteiger partial charge in [0.25, 0.3) is 6.43 Å². The van der Waals surface area contributed by atoms with Gasteiger partial charge in [0.05, 0.1) is 11.3 Å². The zero-order valence-corrected chi connectivity index (χ0v) is 5.82. The van der Waals surface area contributed by atoms with Gasteiger partial charge in [-0.25, -0.2) is 17.6 Å². The molecule has 0 heterocycles. The molecular formula is C7H5F4N. The lowest BCUT2D eigenvalue weighted by Crippen LogP contribution is -1.97. The summed E-state index contributed by atoms with van der Waals surface area (Å²) >= 11 is 0. The summed E-state index contributed by atoms with van der Waals surface area (Å²) in [7, 11) is 0. The zero-order valence-electron chi connectivity index (χ0n) is 5.82. The van der Waals surface area contributed by atoms with Crippen LogP contribution in [0.25, 0.3) is 0 Å². The van der Waals surface area contributed by atoms with E-state index in [0.29, 0.717) is 12.1 Å². The Morgan fingerprint density at radius 1 is 1.08 bits per heavy atom. The summed E-state index contributed by atoms with van der Waals surface area (Å²) in [5.74, 6) is -2.31. The largest absolute Gasteiger partial charge is 0.396 e. The molecule has 0 bridgehead atoms. The molecule has 1 nitrogen and oxygen atoms in total. The molecule has 0 atom stereocenters. The van der Waals surface area contributed by atoms with E-state index in [0.717, 1.165) is 0 Å². The second-order valence-corrected chi connectivity index (χ2v) is 2.20. The van der Waals surface area contributed by atoms with Crippen LogP contribution in [0.5, 0.6) is 0 Å². The van der Waals surface area contributed by atoms with E-state index >= 15 is 0 Å². The fourth-order valence-corrected chi connectivity index (χ4v) is 0.751. The van der Waals surface area contributed by atoms with Crippen molar-refractivity contribution in [2.45, 2.75) is 6.43 Å². The van der Waals surface area contributed by atoms with Gasteiger partial charge in [-0.1, -0.05) is 0 Å². The summed E-state index contributed by atoms with van der Waals surface area (Å²) in [6.07, 6.45) is -2.98. The predicted octanol–water partition coefficient (Wildman–Crippen LogP) is 2.48. The molecule has 0 fully saturated rings. The van der Waals surface area contributed by atoms with Crippen molar-refractivity contribution in [2.75, 3.05) is 5.73 Å². The minimum Gasteiger partial charge on any atom is -0.396 e. The van der Waals surface area contributed by atoms with Crippen molar-refractivity contribution in [3.05, 3.63) is 29.3 Å². The smallest absolute Gasteiger partial charge is 0.266 e. The molecule has 0 spiro atoms. The van der Waals surface area contributed by atoms with Gasteiger partial charge in [0.2, 0.25) is 0 Å². The van der Waals surface area contributed by atoms with E-state index in [9.17, 15) is 17.6 Å². The molecule has 0 aliphatic rings. The zero-order chi connectivity index (χ0) is 9.30. The number of anilines is 1. The van der Waals surface area contributed by atoms with Gasteiger partial charge < -0.3 is 5.73 Å². The molecule has 0 aliphatic carbocycles. The van der Waals surface area contributed by atoms with Crippen LogP contribution in [0.1, 0.15) is 12.0 Å². The normalized spacial score (nSPS) is 10.8. The van der Waals surface area contributed by atoms with Crippen molar-refractivity contribution in [2.24, 2.45) is 0 Å². The Balaban J connectivity index is 3.23. The van der Waals surface area contributed by atoms with Gasteiger partial charge in [-0.15, -0.1) is 0 Å². The fraction of sp³-hybridized carbons (Fsp3) is 0.143. The van der Waals surface area contributed by atoms with Crippen LogP contribution in [0.4, 0.5) is 23.2 Å². The summed E-state index contributed by atoms with van der Waals surface area (Å²) in [5.41, 5.74) is 3.59. The summed E-state index contributed by atoms with van der Waals surface area (Å²) in [6, 6.07) is 0.937. The lowest BCUT2D eigenvalue weighted by atomic mass is 10.2. The molecule has 0 saturated carbocycles. The topological polar surface area (TPSA) is 26.0 Å². The molecular weight excluding hydrogens is 174 g/mol. The Hall–Kier alpha value is -1.26. The van der Waals surface area contributed by atoms with Crippen LogP contribution in [-0.4, -0.2) is 0 Å². The van der Waals surface area contributed by atoms with Crippen LogP contribution in [0.2, 0.25) is 0 Å². The molecule has 0 radical (unpaired) electrons. The van der Waals surface area contributed by atoms with E-state index < -0.39 is 29.3 Å². The number of hydrogen-bond donors (Lipinski definition) is 1. The van der Waals surface area contributed by atoms with Crippen molar-refractivity contribution < 1.29 is 17.6 Å². The second-order valence-electron chi connectivity index (χ2n) is 2.20. The SMILES string of the molecule is Nc1cc(C(F)F)c(F)cc1F. The first-order chi connectivity index (χ1) is 5.52. The minimum absolute atomic E-state index is 0.344. The van der Waals surface area contributed by atoms with Crippen LogP contribution in [-0.2, 0) is 0 Å². The summed E-state index contributed by atoms with van der Waals surface area (Å²) < 4.78 is 48.8. The van der Waals surface area contributed by atoms with Gasteiger partial charge in [-0.2, -0.15) is 0 Å². The first kappa shape index (κ1) is 8.83. The van der Waals surface area contributed by atoms with Gasteiger partial charge in [0.15, 0.2) is 0 Å². The van der Waals surface area contributed by atoms with Gasteiger partial charge in [0, 0.05) is 6.07 Å². The Labute approximate surface area is 65.8 Å². The lowest BCUT2D eigenvalue weighted by molar-refractivity contribution is 0.146. The Kier molecular flexibility index (Phi) is 2.21. The highest BCUT2D eigenvalue weighted by molar-refractivity contribution is 5.43. The maximum Gasteiger partial charge on any atom is 0.266 e. The fourth-order valence-electron chi connectivity index (χ4n) is 0.751. The number of hydrogen-bond acceptors (Lipinski definition) is 1. The van der Waals surface area contributed by atoms with E-state index in [4.69, 9.17) is 5.73 Å². The summed E-state index contributed by atoms with van der Waals surface area (Å²) in [4.78, 5) is 0.